The van der Waals surface area contributed by atoms with Gasteiger partial charge in [0.25, 0.3) is 5.91 Å². The van der Waals surface area contributed by atoms with Crippen LogP contribution in [-0.4, -0.2) is 18.4 Å². The zero-order chi connectivity index (χ0) is 6.69. The second-order valence-electron chi connectivity index (χ2n) is 1.38. The van der Waals surface area contributed by atoms with Gasteiger partial charge < -0.3 is 0 Å². The number of nitrogens with zero attached hydrogens (tertiary/aromatic N) is 3. The lowest BCUT2D eigenvalue weighted by Gasteiger charge is -1.97. The van der Waals surface area contributed by atoms with Gasteiger partial charge in [0.15, 0.2) is 0 Å². The molecule has 0 unspecified atom stereocenters. The third-order valence-corrected chi connectivity index (χ3v) is 0.812. The summed E-state index contributed by atoms with van der Waals surface area (Å²) in [7, 11) is 0. The van der Waals surface area contributed by atoms with Crippen LogP contribution < -0.4 is 11.3 Å². The molecule has 0 bridgehead atoms. The minimum absolute atomic E-state index is 0.451. The van der Waals surface area contributed by atoms with E-state index >= 15 is 0 Å². The molecule has 48 valence electrons. The van der Waals surface area contributed by atoms with E-state index in [0.29, 0.717) is 0 Å². The number of aliphatic imine (C=N–C) groups is 1. The quantitative estimate of drug-likeness (QED) is 0.263. The van der Waals surface area contributed by atoms with Gasteiger partial charge >= 0.3 is 0 Å². The van der Waals surface area contributed by atoms with Gasteiger partial charge in [0.05, 0.1) is 0 Å². The topological polar surface area (TPSA) is 92.2 Å². The van der Waals surface area contributed by atoms with Gasteiger partial charge in [-0.25, -0.2) is 10.8 Å². The number of nitrogens with two attached hydrogens (primary N) is 1. The molecular weight excluding hydrogens is 122 g/mol. The van der Waals surface area contributed by atoms with Gasteiger partial charge in [-0.15, -0.1) is 10.2 Å². The first kappa shape index (κ1) is 5.83. The van der Waals surface area contributed by atoms with Gasteiger partial charge in [-0.05, 0) is 0 Å². The summed E-state index contributed by atoms with van der Waals surface area (Å²) in [6.45, 7) is 0. The van der Waals surface area contributed by atoms with E-state index in [-0.39, 0.29) is 0 Å². The number of hydrogen-bond acceptors (Lipinski definition) is 5. The minimum Gasteiger partial charge on any atom is -0.291 e. The summed E-state index contributed by atoms with van der Waals surface area (Å²) < 4.78 is 0. The second kappa shape index (κ2) is 2.31. The second-order valence-corrected chi connectivity index (χ2v) is 1.38. The van der Waals surface area contributed by atoms with Crippen molar-refractivity contribution in [1.82, 2.24) is 5.43 Å². The van der Waals surface area contributed by atoms with Crippen LogP contribution in [0.2, 0.25) is 0 Å². The minimum atomic E-state index is -0.769. The van der Waals surface area contributed by atoms with Crippen molar-refractivity contribution in [3.8, 4) is 0 Å². The summed E-state index contributed by atoms with van der Waals surface area (Å²) in [5, 5.41) is 6.77. The van der Waals surface area contributed by atoms with Crippen molar-refractivity contribution in [3.63, 3.8) is 0 Å². The van der Waals surface area contributed by atoms with Gasteiger partial charge in [0, 0.05) is 0 Å². The molecule has 6 heteroatoms. The lowest BCUT2D eigenvalue weighted by atomic mass is 10.5. The number of rotatable bonds is 1. The zero-order valence-corrected chi connectivity index (χ0v) is 4.48. The average Bonchev–Trinajstić information content (AvgIpc) is 2.37. The van der Waals surface area contributed by atoms with Crippen LogP contribution in [0, 0.1) is 0 Å². The molecule has 3 N–H and O–H groups in total. The van der Waals surface area contributed by atoms with E-state index in [0.717, 1.165) is 0 Å². The SMILES string of the molecule is NNC(=O)[C@H]1N=CN=N1. The van der Waals surface area contributed by atoms with Crippen LogP contribution in [0.1, 0.15) is 0 Å². The Morgan fingerprint density at radius 3 is 3.00 bits per heavy atom. The monoisotopic (exact) mass is 127 g/mol. The van der Waals surface area contributed by atoms with E-state index in [2.05, 4.69) is 15.2 Å². The zero-order valence-electron chi connectivity index (χ0n) is 4.48. The lowest BCUT2D eigenvalue weighted by molar-refractivity contribution is -0.122. The van der Waals surface area contributed by atoms with E-state index in [1.807, 2.05) is 5.43 Å². The number of carbonyl (C=O) groups excluding carboxylic acids is 1. The predicted octanol–water partition coefficient (Wildman–Crippen LogP) is -1.20. The highest BCUT2D eigenvalue weighted by Crippen LogP contribution is 1.98. The number of nitrogens with one attached hydrogen (secondary N) is 1. The Morgan fingerprint density at radius 1 is 1.78 bits per heavy atom. The van der Waals surface area contributed by atoms with Gasteiger partial charge in [-0.1, -0.05) is 0 Å². The molecule has 1 aliphatic heterocycles. The molecule has 1 amide bonds. The number of carbonyl (C=O) groups is 1. The largest absolute Gasteiger partial charge is 0.291 e. The number of hydrazine groups is 1. The van der Waals surface area contributed by atoms with Crippen LogP contribution in [0.5, 0.6) is 0 Å². The first-order valence-corrected chi connectivity index (χ1v) is 2.26. The maximum Gasteiger partial charge on any atom is 0.283 e. The van der Waals surface area contributed by atoms with Crippen LogP contribution in [0.15, 0.2) is 15.2 Å². The normalized spacial score (nSPS) is 22.6. The smallest absolute Gasteiger partial charge is 0.283 e. The first-order chi connectivity index (χ1) is 4.34. The fraction of sp³-hybridized carbons (Fsp3) is 0.333. The average molecular weight is 127 g/mol. The molecule has 0 saturated heterocycles. The summed E-state index contributed by atoms with van der Waals surface area (Å²) >= 11 is 0. The van der Waals surface area contributed by atoms with E-state index in [9.17, 15) is 4.79 Å². The Kier molecular flexibility index (Phi) is 1.50. The molecular formula is C3H5N5O. The van der Waals surface area contributed by atoms with Crippen molar-refractivity contribution < 1.29 is 4.79 Å². The lowest BCUT2D eigenvalue weighted by Crippen LogP contribution is -2.36. The Hall–Kier alpha value is -1.30. The Labute approximate surface area is 50.8 Å². The number of azo groups is 1. The van der Waals surface area contributed by atoms with Crippen LogP contribution in [0.3, 0.4) is 0 Å². The molecule has 0 radical (unpaired) electrons. The molecule has 1 aliphatic rings. The number of hydrogen-bond donors (Lipinski definition) is 2. The van der Waals surface area contributed by atoms with Crippen LogP contribution in [0.4, 0.5) is 0 Å². The van der Waals surface area contributed by atoms with Gasteiger partial charge in [0.1, 0.15) is 6.34 Å². The van der Waals surface area contributed by atoms with Crippen LogP contribution >= 0.6 is 0 Å². The summed E-state index contributed by atoms with van der Waals surface area (Å²) in [5.74, 6) is 4.33. The van der Waals surface area contributed by atoms with Gasteiger partial charge in [0.2, 0.25) is 6.17 Å². The molecule has 6 nitrogen and oxygen atoms in total. The maximum absolute atomic E-state index is 10.5. The van der Waals surface area contributed by atoms with E-state index < -0.39 is 12.1 Å². The Balaban J connectivity index is 2.53. The molecule has 0 saturated carbocycles. The molecule has 1 atom stereocenters. The molecule has 0 aromatic heterocycles. The fourth-order valence-electron chi connectivity index (χ4n) is 0.410. The summed E-state index contributed by atoms with van der Waals surface area (Å²) in [4.78, 5) is 14.1. The highest BCUT2D eigenvalue weighted by Gasteiger charge is 2.15. The van der Waals surface area contributed by atoms with Crippen molar-refractivity contribution >= 4 is 12.2 Å². The van der Waals surface area contributed by atoms with Crippen molar-refractivity contribution in [2.75, 3.05) is 0 Å². The van der Waals surface area contributed by atoms with Crippen LogP contribution in [0.25, 0.3) is 0 Å². The number of amides is 1. The van der Waals surface area contributed by atoms with E-state index in [1.165, 1.54) is 6.34 Å². The van der Waals surface area contributed by atoms with Crippen molar-refractivity contribution in [1.29, 1.82) is 0 Å². The highest BCUT2D eigenvalue weighted by atomic mass is 16.2. The molecule has 0 aromatic rings. The Morgan fingerprint density at radius 2 is 2.56 bits per heavy atom. The Bertz CT molecular complexity index is 161. The third kappa shape index (κ3) is 1.08. The van der Waals surface area contributed by atoms with Gasteiger partial charge in [-0.3, -0.25) is 10.2 Å². The molecule has 1 heterocycles. The third-order valence-electron chi connectivity index (χ3n) is 0.812. The fourth-order valence-corrected chi connectivity index (χ4v) is 0.410. The van der Waals surface area contributed by atoms with E-state index in [1.54, 1.807) is 0 Å². The molecule has 1 rings (SSSR count). The molecule has 9 heavy (non-hydrogen) atoms. The summed E-state index contributed by atoms with van der Waals surface area (Å²) in [6.07, 6.45) is 0.440. The van der Waals surface area contributed by atoms with Crippen molar-refractivity contribution in [3.05, 3.63) is 0 Å². The maximum atomic E-state index is 10.5. The standard InChI is InChI=1S/C3H5N5O/c4-7-3(9)2-5-1-6-8-2/h1-2H,4H2,(H,7,9)/t2-/m0/s1. The molecule has 0 fully saturated rings. The van der Waals surface area contributed by atoms with Gasteiger partial charge in [-0.2, -0.15) is 0 Å². The highest BCUT2D eigenvalue weighted by molar-refractivity contribution is 5.83. The van der Waals surface area contributed by atoms with Crippen molar-refractivity contribution in [2.24, 2.45) is 21.1 Å². The molecule has 0 aliphatic carbocycles. The summed E-state index contributed by atoms with van der Waals surface area (Å²) in [5.41, 5.74) is 1.90. The summed E-state index contributed by atoms with van der Waals surface area (Å²) in [6, 6.07) is 0. The van der Waals surface area contributed by atoms with E-state index in [4.69, 9.17) is 5.84 Å². The van der Waals surface area contributed by atoms with Crippen LogP contribution in [-0.2, 0) is 4.79 Å². The molecule has 0 spiro atoms. The molecule has 0 aromatic carbocycles. The van der Waals surface area contributed by atoms with Crippen molar-refractivity contribution in [2.45, 2.75) is 6.17 Å². The predicted molar refractivity (Wildman–Crippen MR) is 29.5 cm³/mol. The first-order valence-electron chi connectivity index (χ1n) is 2.26.